The Balaban J connectivity index is 1.81. The summed E-state index contributed by atoms with van der Waals surface area (Å²) in [7, 11) is 0. The van der Waals surface area contributed by atoms with Crippen molar-refractivity contribution in [1.82, 2.24) is 20.0 Å². The van der Waals surface area contributed by atoms with Gasteiger partial charge < -0.3 is 0 Å². The van der Waals surface area contributed by atoms with E-state index < -0.39 is 0 Å². The Morgan fingerprint density at radius 3 is 2.73 bits per heavy atom. The minimum absolute atomic E-state index is 0.181. The molecule has 7 nitrogen and oxygen atoms in total. The summed E-state index contributed by atoms with van der Waals surface area (Å²) in [5.41, 5.74) is 2.67. The molecular formula is C14H11N5O2S. The number of carbonyl (C=O) groups is 1. The number of anilines is 1. The molecule has 2 aromatic heterocycles. The van der Waals surface area contributed by atoms with E-state index in [1.54, 1.807) is 6.07 Å². The van der Waals surface area contributed by atoms with E-state index in [-0.39, 0.29) is 18.0 Å². The summed E-state index contributed by atoms with van der Waals surface area (Å²) in [5, 5.41) is 14.5. The van der Waals surface area contributed by atoms with Crippen LogP contribution in [0.25, 0.3) is 11.3 Å². The molecule has 1 aromatic carbocycles. The quantitative estimate of drug-likeness (QED) is 0.786. The average Bonchev–Trinajstić information content (AvgIpc) is 3.03. The molecule has 0 spiro atoms. The zero-order valence-corrected chi connectivity index (χ0v) is 12.2. The highest BCUT2D eigenvalue weighted by atomic mass is 32.1. The number of hydrogen-bond donors (Lipinski definition) is 1. The van der Waals surface area contributed by atoms with Gasteiger partial charge in [-0.2, -0.15) is 5.10 Å². The molecule has 2 heterocycles. The molecule has 0 saturated carbocycles. The van der Waals surface area contributed by atoms with Crippen LogP contribution in [-0.2, 0) is 11.3 Å². The van der Waals surface area contributed by atoms with Crippen molar-refractivity contribution in [3.8, 4) is 11.3 Å². The third kappa shape index (κ3) is 3.23. The van der Waals surface area contributed by atoms with Crippen LogP contribution in [0.3, 0.4) is 0 Å². The van der Waals surface area contributed by atoms with Gasteiger partial charge in [0.05, 0.1) is 5.69 Å². The summed E-state index contributed by atoms with van der Waals surface area (Å²) < 4.78 is 1.12. The normalized spacial score (nSPS) is 10.4. The topological polar surface area (TPSA) is 89.8 Å². The van der Waals surface area contributed by atoms with Crippen molar-refractivity contribution in [2.75, 3.05) is 5.32 Å². The van der Waals surface area contributed by atoms with E-state index in [9.17, 15) is 9.59 Å². The Morgan fingerprint density at radius 1 is 1.18 bits per heavy atom. The zero-order chi connectivity index (χ0) is 15.4. The molecule has 0 atom stereocenters. The first kappa shape index (κ1) is 14.1. The molecule has 0 saturated heterocycles. The van der Waals surface area contributed by atoms with Crippen molar-refractivity contribution in [2.24, 2.45) is 0 Å². The largest absolute Gasteiger partial charge is 0.299 e. The van der Waals surface area contributed by atoms with Crippen molar-refractivity contribution in [1.29, 1.82) is 0 Å². The predicted octanol–water partition coefficient (Wildman–Crippen LogP) is 1.40. The van der Waals surface area contributed by atoms with E-state index in [0.717, 1.165) is 10.2 Å². The number of carbonyl (C=O) groups excluding carboxylic acids is 1. The van der Waals surface area contributed by atoms with E-state index in [0.29, 0.717) is 10.8 Å². The van der Waals surface area contributed by atoms with Crippen LogP contribution < -0.4 is 10.9 Å². The van der Waals surface area contributed by atoms with Gasteiger partial charge in [-0.15, -0.1) is 10.2 Å². The molecule has 0 unspecified atom stereocenters. The van der Waals surface area contributed by atoms with E-state index in [1.807, 2.05) is 30.3 Å². The lowest BCUT2D eigenvalue weighted by atomic mass is 10.1. The summed E-state index contributed by atoms with van der Waals surface area (Å²) >= 11 is 1.20. The van der Waals surface area contributed by atoms with Crippen LogP contribution in [0.5, 0.6) is 0 Å². The van der Waals surface area contributed by atoms with Gasteiger partial charge in [0.25, 0.3) is 5.56 Å². The van der Waals surface area contributed by atoms with Crippen LogP contribution in [0.1, 0.15) is 0 Å². The van der Waals surface area contributed by atoms with Gasteiger partial charge in [-0.1, -0.05) is 41.7 Å². The minimum Gasteiger partial charge on any atom is -0.299 e. The van der Waals surface area contributed by atoms with Crippen molar-refractivity contribution in [3.63, 3.8) is 0 Å². The lowest BCUT2D eigenvalue weighted by Gasteiger charge is -2.06. The molecule has 0 aliphatic heterocycles. The second kappa shape index (κ2) is 6.27. The second-order valence-corrected chi connectivity index (χ2v) is 5.21. The van der Waals surface area contributed by atoms with Crippen LogP contribution in [0.15, 0.2) is 52.8 Å². The van der Waals surface area contributed by atoms with Crippen molar-refractivity contribution < 1.29 is 4.79 Å². The fourth-order valence-corrected chi connectivity index (χ4v) is 2.31. The Labute approximate surface area is 129 Å². The first-order chi connectivity index (χ1) is 10.7. The molecule has 22 heavy (non-hydrogen) atoms. The third-order valence-corrected chi connectivity index (χ3v) is 3.44. The van der Waals surface area contributed by atoms with E-state index in [1.165, 1.54) is 22.9 Å². The van der Waals surface area contributed by atoms with Gasteiger partial charge in [0, 0.05) is 11.6 Å². The van der Waals surface area contributed by atoms with Gasteiger partial charge in [-0.3, -0.25) is 14.9 Å². The van der Waals surface area contributed by atoms with Gasteiger partial charge in [0.1, 0.15) is 12.1 Å². The average molecular weight is 313 g/mol. The molecule has 1 amide bonds. The van der Waals surface area contributed by atoms with Crippen molar-refractivity contribution >= 4 is 22.4 Å². The zero-order valence-electron chi connectivity index (χ0n) is 11.3. The summed E-state index contributed by atoms with van der Waals surface area (Å²) in [6.45, 7) is -0.181. The van der Waals surface area contributed by atoms with Gasteiger partial charge in [-0.05, 0) is 6.07 Å². The Morgan fingerprint density at radius 2 is 2.00 bits per heavy atom. The maximum absolute atomic E-state index is 11.9. The molecular weight excluding hydrogens is 302 g/mol. The van der Waals surface area contributed by atoms with Crippen LogP contribution in [0.2, 0.25) is 0 Å². The fourth-order valence-electron chi connectivity index (χ4n) is 1.85. The predicted molar refractivity (Wildman–Crippen MR) is 82.5 cm³/mol. The molecule has 3 aromatic rings. The number of nitrogens with zero attached hydrogens (tertiary/aromatic N) is 4. The number of rotatable bonds is 4. The van der Waals surface area contributed by atoms with Crippen molar-refractivity contribution in [2.45, 2.75) is 6.54 Å². The molecule has 0 radical (unpaired) electrons. The van der Waals surface area contributed by atoms with Crippen LogP contribution in [0.4, 0.5) is 5.13 Å². The van der Waals surface area contributed by atoms with Crippen molar-refractivity contribution in [3.05, 3.63) is 58.3 Å². The van der Waals surface area contributed by atoms with Crippen LogP contribution in [-0.4, -0.2) is 25.9 Å². The van der Waals surface area contributed by atoms with E-state index >= 15 is 0 Å². The molecule has 0 aliphatic rings. The Bertz CT molecular complexity index is 830. The summed E-state index contributed by atoms with van der Waals surface area (Å²) in [4.78, 5) is 23.7. The van der Waals surface area contributed by atoms with Gasteiger partial charge in [0.15, 0.2) is 0 Å². The standard InChI is InChI=1S/C14H11N5O2S/c20-12(16-14-17-15-9-22-14)8-19-13(21)7-6-11(18-19)10-4-2-1-3-5-10/h1-7,9H,8H2,(H,16,17,20). The smallest absolute Gasteiger partial charge is 0.267 e. The molecule has 0 fully saturated rings. The third-order valence-electron chi connectivity index (χ3n) is 2.84. The Kier molecular flexibility index (Phi) is 4.01. The summed E-state index contributed by atoms with van der Waals surface area (Å²) in [5.74, 6) is -0.378. The van der Waals surface area contributed by atoms with E-state index in [4.69, 9.17) is 0 Å². The number of amides is 1. The summed E-state index contributed by atoms with van der Waals surface area (Å²) in [6.07, 6.45) is 0. The SMILES string of the molecule is O=C(Cn1nc(-c2ccccc2)ccc1=O)Nc1nncs1. The minimum atomic E-state index is -0.378. The lowest BCUT2D eigenvalue weighted by molar-refractivity contribution is -0.117. The highest BCUT2D eigenvalue weighted by Crippen LogP contribution is 2.14. The maximum Gasteiger partial charge on any atom is 0.267 e. The Hall–Kier alpha value is -2.87. The van der Waals surface area contributed by atoms with Gasteiger partial charge >= 0.3 is 0 Å². The molecule has 1 N–H and O–H groups in total. The van der Waals surface area contributed by atoms with Gasteiger partial charge in [-0.25, -0.2) is 4.68 Å². The van der Waals surface area contributed by atoms with E-state index in [2.05, 4.69) is 20.6 Å². The van der Waals surface area contributed by atoms with Crippen LogP contribution in [0, 0.1) is 0 Å². The first-order valence-electron chi connectivity index (χ1n) is 6.42. The molecule has 110 valence electrons. The number of nitrogens with one attached hydrogen (secondary N) is 1. The molecule has 0 aliphatic carbocycles. The fraction of sp³-hybridized carbons (Fsp3) is 0.0714. The van der Waals surface area contributed by atoms with Crippen LogP contribution >= 0.6 is 11.3 Å². The lowest BCUT2D eigenvalue weighted by Crippen LogP contribution is -2.29. The molecule has 3 rings (SSSR count). The monoisotopic (exact) mass is 313 g/mol. The number of hydrogen-bond acceptors (Lipinski definition) is 6. The first-order valence-corrected chi connectivity index (χ1v) is 7.30. The second-order valence-electron chi connectivity index (χ2n) is 4.37. The maximum atomic E-state index is 11.9. The summed E-state index contributed by atoms with van der Waals surface area (Å²) in [6, 6.07) is 12.5. The highest BCUT2D eigenvalue weighted by molar-refractivity contribution is 7.13. The number of aromatic nitrogens is 4. The highest BCUT2D eigenvalue weighted by Gasteiger charge is 2.09. The molecule has 0 bridgehead atoms. The molecule has 8 heteroatoms. The number of benzene rings is 1. The van der Waals surface area contributed by atoms with Gasteiger partial charge in [0.2, 0.25) is 11.0 Å².